The first-order valence-electron chi connectivity index (χ1n) is 13.5. The summed E-state index contributed by atoms with van der Waals surface area (Å²) in [5, 5.41) is 22.5. The molecule has 11 nitrogen and oxygen atoms in total. The molecule has 1 aliphatic heterocycles. The van der Waals surface area contributed by atoms with Crippen molar-refractivity contribution in [1.29, 1.82) is 10.5 Å². The van der Waals surface area contributed by atoms with Crippen LogP contribution in [0.3, 0.4) is 0 Å². The van der Waals surface area contributed by atoms with E-state index >= 15 is 0 Å². The molecule has 2 aromatic heterocycles. The van der Waals surface area contributed by atoms with Crippen LogP contribution in [0, 0.1) is 22.7 Å². The first-order valence-corrected chi connectivity index (χ1v) is 15.3. The Bertz CT molecular complexity index is 1880. The van der Waals surface area contributed by atoms with Crippen molar-refractivity contribution >= 4 is 58.2 Å². The average molecular weight is 638 g/mol. The number of nitrogens with zero attached hydrogens (tertiary/aromatic N) is 4. The van der Waals surface area contributed by atoms with Gasteiger partial charge >= 0.3 is 5.97 Å². The van der Waals surface area contributed by atoms with E-state index in [-0.39, 0.29) is 45.4 Å². The lowest BCUT2D eigenvalue weighted by molar-refractivity contribution is -0.121. The van der Waals surface area contributed by atoms with E-state index in [4.69, 9.17) is 15.2 Å². The maximum Gasteiger partial charge on any atom is 0.338 e. The highest BCUT2D eigenvalue weighted by Gasteiger charge is 2.41. The van der Waals surface area contributed by atoms with Gasteiger partial charge in [-0.2, -0.15) is 21.9 Å². The van der Waals surface area contributed by atoms with Crippen LogP contribution in [0.5, 0.6) is 5.75 Å². The van der Waals surface area contributed by atoms with Crippen LogP contribution < -0.4 is 15.4 Å². The van der Waals surface area contributed by atoms with Gasteiger partial charge < -0.3 is 15.2 Å². The van der Waals surface area contributed by atoms with E-state index in [1.54, 1.807) is 41.1 Å². The highest BCUT2D eigenvalue weighted by Crippen LogP contribution is 2.40. The summed E-state index contributed by atoms with van der Waals surface area (Å²) in [6.07, 6.45) is -0.165. The number of imide groups is 1. The van der Waals surface area contributed by atoms with Gasteiger partial charge in [0.25, 0.3) is 0 Å². The quantitative estimate of drug-likeness (QED) is 0.141. The third-order valence-corrected chi connectivity index (χ3v) is 8.62. The number of nitrogen functional groups attached to an aromatic ring is 1. The first-order chi connectivity index (χ1) is 21.7. The molecule has 224 valence electrons. The lowest BCUT2D eigenvalue weighted by Gasteiger charge is -2.16. The number of anilines is 2. The maximum atomic E-state index is 13.4. The predicted octanol–water partition coefficient (Wildman–Crippen LogP) is 5.00. The number of hydrogen-bond donors (Lipinski definition) is 1. The number of pyridine rings is 1. The van der Waals surface area contributed by atoms with Crippen molar-refractivity contribution in [2.75, 3.05) is 23.8 Å². The van der Waals surface area contributed by atoms with Gasteiger partial charge in [-0.15, -0.1) is 0 Å². The highest BCUT2D eigenvalue weighted by molar-refractivity contribution is 8.00. The molecule has 0 radical (unpaired) electrons. The summed E-state index contributed by atoms with van der Waals surface area (Å²) >= 11 is 2.31. The zero-order valence-corrected chi connectivity index (χ0v) is 25.3. The molecule has 0 saturated carbocycles. The molecule has 4 aromatic rings. The van der Waals surface area contributed by atoms with Crippen LogP contribution in [0.2, 0.25) is 0 Å². The molecule has 1 unspecified atom stereocenters. The van der Waals surface area contributed by atoms with Crippen molar-refractivity contribution in [1.82, 2.24) is 4.98 Å². The minimum atomic E-state index is -0.905. The highest BCUT2D eigenvalue weighted by atomic mass is 32.2. The topological polar surface area (TPSA) is 176 Å². The number of esters is 1. The van der Waals surface area contributed by atoms with Gasteiger partial charge in [0.2, 0.25) is 11.8 Å². The number of carbonyl (C=O) groups is 4. The van der Waals surface area contributed by atoms with Crippen LogP contribution in [-0.2, 0) is 14.3 Å². The van der Waals surface area contributed by atoms with Crippen molar-refractivity contribution < 1.29 is 28.7 Å². The van der Waals surface area contributed by atoms with E-state index in [0.29, 0.717) is 29.0 Å². The Labute approximate surface area is 265 Å². The number of hydrogen-bond acceptors (Lipinski definition) is 12. The van der Waals surface area contributed by atoms with Crippen LogP contribution in [-0.4, -0.2) is 47.0 Å². The lowest BCUT2D eigenvalue weighted by Crippen LogP contribution is -2.31. The Hall–Kier alpha value is -5.50. The third-order valence-electron chi connectivity index (χ3n) is 6.77. The molecule has 0 aliphatic carbocycles. The van der Waals surface area contributed by atoms with Crippen molar-refractivity contribution in [2.45, 2.75) is 23.6 Å². The fraction of sp³-hybridized carbons (Fsp3) is 0.156. The molecule has 1 fully saturated rings. The second-order valence-corrected chi connectivity index (χ2v) is 11.5. The number of nitriles is 2. The van der Waals surface area contributed by atoms with Gasteiger partial charge in [-0.3, -0.25) is 14.4 Å². The molecule has 1 saturated heterocycles. The van der Waals surface area contributed by atoms with Crippen molar-refractivity contribution in [2.24, 2.45) is 0 Å². The van der Waals surface area contributed by atoms with Crippen LogP contribution in [0.15, 0.2) is 70.4 Å². The molecule has 1 atom stereocenters. The third kappa shape index (κ3) is 6.40. The number of thiophene rings is 1. The second-order valence-electron chi connectivity index (χ2n) is 9.54. The van der Waals surface area contributed by atoms with E-state index in [9.17, 15) is 29.7 Å². The fourth-order valence-electron chi connectivity index (χ4n) is 4.63. The maximum absolute atomic E-state index is 13.4. The first kappa shape index (κ1) is 30.9. The molecule has 45 heavy (non-hydrogen) atoms. The molecular weight excluding hydrogens is 615 g/mol. The van der Waals surface area contributed by atoms with E-state index in [0.717, 1.165) is 16.7 Å². The summed E-state index contributed by atoms with van der Waals surface area (Å²) in [5.74, 6) is -1.61. The molecule has 1 aliphatic rings. The van der Waals surface area contributed by atoms with Crippen LogP contribution in [0.4, 0.5) is 11.5 Å². The molecule has 0 spiro atoms. The van der Waals surface area contributed by atoms with E-state index < -0.39 is 29.6 Å². The summed E-state index contributed by atoms with van der Waals surface area (Å²) in [4.78, 5) is 56.6. The van der Waals surface area contributed by atoms with E-state index in [1.807, 2.05) is 13.0 Å². The molecule has 2 aromatic carbocycles. The van der Waals surface area contributed by atoms with Crippen molar-refractivity contribution in [3.05, 3.63) is 87.6 Å². The molecule has 13 heteroatoms. The number of rotatable bonds is 10. The Morgan fingerprint density at radius 1 is 1.04 bits per heavy atom. The Kier molecular flexibility index (Phi) is 9.23. The number of Topliss-reactive ketones (excluding diaryl/α,β-unsaturated/α-hetero) is 1. The summed E-state index contributed by atoms with van der Waals surface area (Å²) in [7, 11) is 0. The minimum absolute atomic E-state index is 0.0592. The van der Waals surface area contributed by atoms with Crippen LogP contribution >= 0.6 is 23.1 Å². The van der Waals surface area contributed by atoms with Crippen LogP contribution in [0.25, 0.3) is 11.1 Å². The summed E-state index contributed by atoms with van der Waals surface area (Å²) < 4.78 is 10.5. The molecule has 0 bridgehead atoms. The average Bonchev–Trinajstić information content (AvgIpc) is 3.67. The smallest absolute Gasteiger partial charge is 0.338 e. The Morgan fingerprint density at radius 3 is 2.36 bits per heavy atom. The number of ether oxygens (including phenoxy) is 2. The summed E-state index contributed by atoms with van der Waals surface area (Å²) in [5.41, 5.74) is 7.89. The zero-order chi connectivity index (χ0) is 32.1. The largest absolute Gasteiger partial charge is 0.494 e. The van der Waals surface area contributed by atoms with Gasteiger partial charge in [0, 0.05) is 17.5 Å². The number of amides is 2. The van der Waals surface area contributed by atoms with E-state index in [2.05, 4.69) is 11.1 Å². The number of nitrogens with two attached hydrogens (primary N) is 1. The number of carbonyl (C=O) groups excluding carboxylic acids is 4. The number of aromatic nitrogens is 1. The van der Waals surface area contributed by atoms with Crippen molar-refractivity contribution in [3.8, 4) is 29.0 Å². The van der Waals surface area contributed by atoms with Crippen LogP contribution in [0.1, 0.15) is 45.2 Å². The Balaban J connectivity index is 1.27. The van der Waals surface area contributed by atoms with Gasteiger partial charge in [-0.25, -0.2) is 14.7 Å². The van der Waals surface area contributed by atoms with Crippen molar-refractivity contribution in [3.63, 3.8) is 0 Å². The van der Waals surface area contributed by atoms with Gasteiger partial charge in [0.1, 0.15) is 34.3 Å². The number of benzene rings is 2. The predicted molar refractivity (Wildman–Crippen MR) is 167 cm³/mol. The standard InChI is InChI=1S/C32H23N5O6S2/c1-2-42-22-9-5-18(6-10-22)25(38)16-43-32(41)19-3-7-21(8-4-19)37-27(39)13-26(31(37)40)45-30-24(15-34)28(20-11-12-44-17-20)23(14-33)29(35)36-30/h3-12,17,26H,2,13,16H2,1H3,(H2,35,36). The molecule has 2 amide bonds. The SMILES string of the molecule is CCOc1ccc(C(=O)COC(=O)c2ccc(N3C(=O)CC(Sc4nc(N)c(C#N)c(-c5ccsc5)c4C#N)C3=O)cc2)cc1. The monoisotopic (exact) mass is 637 g/mol. The van der Waals surface area contributed by atoms with Gasteiger partial charge in [0.05, 0.1) is 28.7 Å². The number of thioether (sulfide) groups is 1. The Morgan fingerprint density at radius 2 is 1.73 bits per heavy atom. The van der Waals surface area contributed by atoms with Gasteiger partial charge in [-0.1, -0.05) is 11.8 Å². The minimum Gasteiger partial charge on any atom is -0.494 e. The molecule has 2 N–H and O–H groups in total. The molecule has 5 rings (SSSR count). The summed E-state index contributed by atoms with van der Waals surface area (Å²) in [6.45, 7) is 1.88. The van der Waals surface area contributed by atoms with E-state index in [1.165, 1.54) is 35.6 Å². The second kappa shape index (κ2) is 13.4. The molecule has 3 heterocycles. The molecular formula is C32H23N5O6S2. The van der Waals surface area contributed by atoms with Gasteiger partial charge in [0.15, 0.2) is 12.4 Å². The van der Waals surface area contributed by atoms with Gasteiger partial charge in [-0.05, 0) is 77.8 Å². The normalized spacial score (nSPS) is 14.1. The summed E-state index contributed by atoms with van der Waals surface area (Å²) in [6, 6.07) is 18.0. The number of ketones is 1. The zero-order valence-electron chi connectivity index (χ0n) is 23.7. The lowest BCUT2D eigenvalue weighted by atomic mass is 9.99. The fourth-order valence-corrected chi connectivity index (χ4v) is 6.39.